The van der Waals surface area contributed by atoms with Crippen LogP contribution in [0.4, 0.5) is 0 Å². The van der Waals surface area contributed by atoms with Crippen LogP contribution in [0.2, 0.25) is 10.0 Å². The van der Waals surface area contributed by atoms with Gasteiger partial charge in [0.2, 0.25) is 0 Å². The average Bonchev–Trinajstić information content (AvgIpc) is 2.70. The largest absolute Gasteiger partial charge is 0.481 e. The molecule has 1 aromatic heterocycles. The lowest BCUT2D eigenvalue weighted by molar-refractivity contribution is -0.136. The average molecular weight is 286 g/mol. The number of rotatable bonds is 4. The molecule has 0 aliphatic heterocycles. The Labute approximate surface area is 113 Å². The summed E-state index contributed by atoms with van der Waals surface area (Å²) < 4.78 is 1.55. The van der Waals surface area contributed by atoms with Gasteiger partial charge in [0.1, 0.15) is 0 Å². The first-order chi connectivity index (χ1) is 8.54. The molecule has 7 heteroatoms. The van der Waals surface area contributed by atoms with Crippen LogP contribution in [-0.2, 0) is 17.8 Å². The lowest BCUT2D eigenvalue weighted by Gasteiger charge is -2.02. The predicted molar refractivity (Wildman–Crippen MR) is 66.9 cm³/mol. The molecule has 0 bridgehead atoms. The van der Waals surface area contributed by atoms with Crippen molar-refractivity contribution in [1.29, 1.82) is 0 Å². The van der Waals surface area contributed by atoms with E-state index in [1.807, 2.05) is 6.07 Å². The van der Waals surface area contributed by atoms with E-state index in [1.165, 1.54) is 0 Å². The third-order valence-electron chi connectivity index (χ3n) is 2.25. The van der Waals surface area contributed by atoms with Crippen molar-refractivity contribution in [3.05, 3.63) is 45.7 Å². The first kappa shape index (κ1) is 12.9. The molecule has 0 radical (unpaired) electrons. The Morgan fingerprint density at radius 1 is 1.33 bits per heavy atom. The van der Waals surface area contributed by atoms with Gasteiger partial charge in [-0.1, -0.05) is 34.5 Å². The molecule has 0 saturated carbocycles. The molecule has 2 rings (SSSR count). The number of benzene rings is 1. The van der Waals surface area contributed by atoms with E-state index in [0.29, 0.717) is 22.3 Å². The van der Waals surface area contributed by atoms with E-state index in [1.54, 1.807) is 23.0 Å². The van der Waals surface area contributed by atoms with E-state index in [2.05, 4.69) is 10.3 Å². The van der Waals surface area contributed by atoms with Gasteiger partial charge in [-0.2, -0.15) is 0 Å². The van der Waals surface area contributed by atoms with Crippen molar-refractivity contribution < 1.29 is 9.90 Å². The molecule has 5 nitrogen and oxygen atoms in total. The molecule has 1 aromatic carbocycles. The molecule has 0 saturated heterocycles. The van der Waals surface area contributed by atoms with Gasteiger partial charge in [-0.05, 0) is 17.7 Å². The molecule has 1 N–H and O–H groups in total. The van der Waals surface area contributed by atoms with Gasteiger partial charge >= 0.3 is 5.97 Å². The molecule has 94 valence electrons. The van der Waals surface area contributed by atoms with Crippen molar-refractivity contribution in [3.8, 4) is 0 Å². The van der Waals surface area contributed by atoms with Crippen LogP contribution < -0.4 is 0 Å². The molecule has 0 unspecified atom stereocenters. The number of hydrogen-bond acceptors (Lipinski definition) is 3. The van der Waals surface area contributed by atoms with Crippen LogP contribution in [0.1, 0.15) is 11.3 Å². The van der Waals surface area contributed by atoms with E-state index < -0.39 is 5.97 Å². The fourth-order valence-corrected chi connectivity index (χ4v) is 1.80. The number of hydrogen-bond donors (Lipinski definition) is 1. The normalized spacial score (nSPS) is 10.6. The maximum atomic E-state index is 10.5. The molecule has 18 heavy (non-hydrogen) atoms. The minimum atomic E-state index is -0.934. The Kier molecular flexibility index (Phi) is 3.84. The summed E-state index contributed by atoms with van der Waals surface area (Å²) in [6, 6.07) is 5.27. The summed E-state index contributed by atoms with van der Waals surface area (Å²) in [4.78, 5) is 10.5. The summed E-state index contributed by atoms with van der Waals surface area (Å²) in [5.41, 5.74) is 1.33. The monoisotopic (exact) mass is 285 g/mol. The second-order valence-electron chi connectivity index (χ2n) is 3.73. The first-order valence-corrected chi connectivity index (χ1v) is 5.85. The highest BCUT2D eigenvalue weighted by Crippen LogP contribution is 2.22. The smallest absolute Gasteiger partial charge is 0.309 e. The fourth-order valence-electron chi connectivity index (χ4n) is 1.48. The number of carboxylic acids is 1. The molecule has 0 amide bonds. The SMILES string of the molecule is O=C(O)Cc1cn(Cc2ccc(Cl)c(Cl)c2)nn1. The number of carbonyl (C=O) groups is 1. The summed E-state index contributed by atoms with van der Waals surface area (Å²) in [7, 11) is 0. The fraction of sp³-hybridized carbons (Fsp3) is 0.182. The summed E-state index contributed by atoms with van der Waals surface area (Å²) in [6.07, 6.45) is 1.46. The van der Waals surface area contributed by atoms with Crippen LogP contribution in [-0.4, -0.2) is 26.1 Å². The van der Waals surface area contributed by atoms with E-state index in [-0.39, 0.29) is 6.42 Å². The molecule has 1 heterocycles. The standard InChI is InChI=1S/C11H9Cl2N3O2/c12-9-2-1-7(3-10(9)13)5-16-6-8(14-15-16)4-11(17)18/h1-3,6H,4-5H2,(H,17,18). The number of aliphatic carboxylic acids is 1. The summed E-state index contributed by atoms with van der Waals surface area (Å²) in [5.74, 6) is -0.934. The van der Waals surface area contributed by atoms with E-state index in [4.69, 9.17) is 28.3 Å². The van der Waals surface area contributed by atoms with Crippen LogP contribution in [0.15, 0.2) is 24.4 Å². The van der Waals surface area contributed by atoms with Crippen molar-refractivity contribution in [2.24, 2.45) is 0 Å². The van der Waals surface area contributed by atoms with Crippen molar-refractivity contribution in [2.45, 2.75) is 13.0 Å². The molecular formula is C11H9Cl2N3O2. The molecular weight excluding hydrogens is 277 g/mol. The number of nitrogens with zero attached hydrogens (tertiary/aromatic N) is 3. The van der Waals surface area contributed by atoms with Crippen LogP contribution >= 0.6 is 23.2 Å². The van der Waals surface area contributed by atoms with E-state index in [0.717, 1.165) is 5.56 Å². The topological polar surface area (TPSA) is 68.0 Å². The third kappa shape index (κ3) is 3.21. The maximum Gasteiger partial charge on any atom is 0.309 e. The van der Waals surface area contributed by atoms with E-state index >= 15 is 0 Å². The Morgan fingerprint density at radius 3 is 2.78 bits per heavy atom. The summed E-state index contributed by atoms with van der Waals surface area (Å²) in [6.45, 7) is 0.462. The zero-order chi connectivity index (χ0) is 13.1. The number of halogens is 2. The lowest BCUT2D eigenvalue weighted by Crippen LogP contribution is -2.01. The quantitative estimate of drug-likeness (QED) is 0.936. The van der Waals surface area contributed by atoms with Crippen molar-refractivity contribution in [3.63, 3.8) is 0 Å². The highest BCUT2D eigenvalue weighted by atomic mass is 35.5. The zero-order valence-electron chi connectivity index (χ0n) is 9.18. The van der Waals surface area contributed by atoms with Gasteiger partial charge in [-0.25, -0.2) is 4.68 Å². The molecule has 0 aliphatic rings. The zero-order valence-corrected chi connectivity index (χ0v) is 10.7. The van der Waals surface area contributed by atoms with Crippen molar-refractivity contribution in [1.82, 2.24) is 15.0 Å². The van der Waals surface area contributed by atoms with Gasteiger partial charge in [0.05, 0.1) is 28.7 Å². The molecule has 0 spiro atoms. The first-order valence-electron chi connectivity index (χ1n) is 5.09. The highest BCUT2D eigenvalue weighted by Gasteiger charge is 2.06. The lowest BCUT2D eigenvalue weighted by atomic mass is 10.2. The van der Waals surface area contributed by atoms with Gasteiger partial charge in [0.25, 0.3) is 0 Å². The molecule has 0 atom stereocenters. The second kappa shape index (κ2) is 5.37. The Hall–Kier alpha value is -1.59. The van der Waals surface area contributed by atoms with E-state index in [9.17, 15) is 4.79 Å². The van der Waals surface area contributed by atoms with Gasteiger partial charge in [0.15, 0.2) is 0 Å². The minimum absolute atomic E-state index is 0.138. The molecule has 0 aliphatic carbocycles. The van der Waals surface area contributed by atoms with Crippen LogP contribution in [0.5, 0.6) is 0 Å². The van der Waals surface area contributed by atoms with Crippen LogP contribution in [0.25, 0.3) is 0 Å². The maximum absolute atomic E-state index is 10.5. The van der Waals surface area contributed by atoms with Gasteiger partial charge in [-0.3, -0.25) is 4.79 Å². The minimum Gasteiger partial charge on any atom is -0.481 e. The molecule has 0 fully saturated rings. The third-order valence-corrected chi connectivity index (χ3v) is 2.99. The van der Waals surface area contributed by atoms with Crippen LogP contribution in [0, 0.1) is 0 Å². The van der Waals surface area contributed by atoms with Gasteiger partial charge < -0.3 is 5.11 Å². The number of carboxylic acid groups (broad SMARTS) is 1. The van der Waals surface area contributed by atoms with Crippen molar-refractivity contribution >= 4 is 29.2 Å². The summed E-state index contributed by atoms with van der Waals surface area (Å²) in [5, 5.41) is 17.2. The Morgan fingerprint density at radius 2 is 2.11 bits per heavy atom. The van der Waals surface area contributed by atoms with Crippen LogP contribution in [0.3, 0.4) is 0 Å². The van der Waals surface area contributed by atoms with Gasteiger partial charge in [0, 0.05) is 6.20 Å². The number of aromatic nitrogens is 3. The van der Waals surface area contributed by atoms with Gasteiger partial charge in [-0.15, -0.1) is 5.10 Å². The second-order valence-corrected chi connectivity index (χ2v) is 4.54. The summed E-state index contributed by atoms with van der Waals surface area (Å²) >= 11 is 11.7. The Bertz CT molecular complexity index is 583. The van der Waals surface area contributed by atoms with Crippen molar-refractivity contribution in [2.75, 3.05) is 0 Å². The molecule has 2 aromatic rings. The Balaban J connectivity index is 2.11. The predicted octanol–water partition coefficient (Wildman–Crippen LogP) is 2.26. The highest BCUT2D eigenvalue weighted by molar-refractivity contribution is 6.42.